The van der Waals surface area contributed by atoms with Gasteiger partial charge in [0.2, 0.25) is 0 Å². The zero-order valence-electron chi connectivity index (χ0n) is 14.8. The molecule has 0 saturated carbocycles. The quantitative estimate of drug-likeness (QED) is 0.664. The number of para-hydroxylation sites is 1. The van der Waals surface area contributed by atoms with Crippen molar-refractivity contribution in [1.29, 1.82) is 0 Å². The van der Waals surface area contributed by atoms with Crippen LogP contribution in [0.1, 0.15) is 22.5 Å². The Hall–Kier alpha value is -3.21. The van der Waals surface area contributed by atoms with Gasteiger partial charge in [0, 0.05) is 25.3 Å². The number of aryl methyl sites for hydroxylation is 1. The van der Waals surface area contributed by atoms with Crippen molar-refractivity contribution in [2.24, 2.45) is 0 Å². The van der Waals surface area contributed by atoms with Crippen molar-refractivity contribution in [3.63, 3.8) is 0 Å². The van der Waals surface area contributed by atoms with E-state index < -0.39 is 0 Å². The highest BCUT2D eigenvalue weighted by Crippen LogP contribution is 2.20. The van der Waals surface area contributed by atoms with Gasteiger partial charge in [0.05, 0.1) is 0 Å². The first kappa shape index (κ1) is 17.6. The molecule has 5 heteroatoms. The lowest BCUT2D eigenvalue weighted by molar-refractivity contribution is 0.0948. The molecule has 1 amide bonds. The monoisotopic (exact) mass is 346 g/mol. The van der Waals surface area contributed by atoms with Crippen LogP contribution >= 0.6 is 0 Å². The van der Waals surface area contributed by atoms with Gasteiger partial charge < -0.3 is 10.2 Å². The van der Waals surface area contributed by atoms with E-state index in [9.17, 15) is 4.79 Å². The Morgan fingerprint density at radius 1 is 1.00 bits per heavy atom. The highest BCUT2D eigenvalue weighted by molar-refractivity contribution is 5.93. The van der Waals surface area contributed by atoms with Crippen molar-refractivity contribution in [1.82, 2.24) is 15.3 Å². The zero-order chi connectivity index (χ0) is 18.2. The van der Waals surface area contributed by atoms with Crippen LogP contribution in [0.15, 0.2) is 73.1 Å². The van der Waals surface area contributed by atoms with E-state index in [2.05, 4.69) is 27.4 Å². The minimum absolute atomic E-state index is 0.178. The van der Waals surface area contributed by atoms with Gasteiger partial charge in [-0.3, -0.25) is 4.79 Å². The van der Waals surface area contributed by atoms with Crippen LogP contribution in [0.2, 0.25) is 0 Å². The second-order valence-electron chi connectivity index (χ2n) is 6.00. The molecule has 0 saturated heterocycles. The lowest BCUT2D eigenvalue weighted by atomic mass is 10.1. The number of hydrogen-bond donors (Lipinski definition) is 1. The van der Waals surface area contributed by atoms with Crippen molar-refractivity contribution in [3.8, 4) is 0 Å². The van der Waals surface area contributed by atoms with Gasteiger partial charge in [0.1, 0.15) is 17.8 Å². The second-order valence-corrected chi connectivity index (χ2v) is 6.00. The maximum atomic E-state index is 12.3. The van der Waals surface area contributed by atoms with E-state index in [4.69, 9.17) is 0 Å². The van der Waals surface area contributed by atoms with Gasteiger partial charge in [-0.1, -0.05) is 48.5 Å². The zero-order valence-corrected chi connectivity index (χ0v) is 14.8. The predicted octanol–water partition coefficient (Wildman–Crippen LogP) is 3.61. The van der Waals surface area contributed by atoms with Gasteiger partial charge in [-0.15, -0.1) is 0 Å². The molecule has 1 N–H and O–H groups in total. The van der Waals surface area contributed by atoms with Crippen LogP contribution in [0.4, 0.5) is 11.5 Å². The summed E-state index contributed by atoms with van der Waals surface area (Å²) >= 11 is 0. The molecule has 0 fully saturated rings. The smallest absolute Gasteiger partial charge is 0.270 e. The van der Waals surface area contributed by atoms with E-state index in [0.29, 0.717) is 18.1 Å². The molecule has 1 heterocycles. The molecule has 0 unspecified atom stereocenters. The fraction of sp³-hybridized carbons (Fsp3) is 0.190. The third-order valence-electron chi connectivity index (χ3n) is 4.14. The summed E-state index contributed by atoms with van der Waals surface area (Å²) in [5.41, 5.74) is 2.65. The van der Waals surface area contributed by atoms with E-state index in [1.54, 1.807) is 6.07 Å². The van der Waals surface area contributed by atoms with Gasteiger partial charge in [-0.05, 0) is 30.5 Å². The minimum Gasteiger partial charge on any atom is -0.351 e. The highest BCUT2D eigenvalue weighted by Gasteiger charge is 2.11. The second kappa shape index (κ2) is 8.76. The Balaban J connectivity index is 1.56. The lowest BCUT2D eigenvalue weighted by Gasteiger charge is -2.18. The summed E-state index contributed by atoms with van der Waals surface area (Å²) in [5, 5.41) is 2.93. The van der Waals surface area contributed by atoms with E-state index >= 15 is 0 Å². The van der Waals surface area contributed by atoms with Gasteiger partial charge in [0.15, 0.2) is 0 Å². The summed E-state index contributed by atoms with van der Waals surface area (Å²) in [6.45, 7) is 0.613. The molecule has 26 heavy (non-hydrogen) atoms. The first-order valence-electron chi connectivity index (χ1n) is 8.67. The molecule has 0 aliphatic heterocycles. The fourth-order valence-corrected chi connectivity index (χ4v) is 2.67. The van der Waals surface area contributed by atoms with Crippen LogP contribution in [0.3, 0.4) is 0 Å². The van der Waals surface area contributed by atoms with Crippen LogP contribution in [0, 0.1) is 0 Å². The van der Waals surface area contributed by atoms with Crippen LogP contribution < -0.4 is 10.2 Å². The number of carbonyl (C=O) groups is 1. The number of nitrogens with one attached hydrogen (secondary N) is 1. The van der Waals surface area contributed by atoms with E-state index in [0.717, 1.165) is 18.5 Å². The number of benzene rings is 2. The fourth-order valence-electron chi connectivity index (χ4n) is 2.67. The summed E-state index contributed by atoms with van der Waals surface area (Å²) in [5.74, 6) is 0.504. The molecule has 0 bridgehead atoms. The third kappa shape index (κ3) is 4.66. The topological polar surface area (TPSA) is 58.1 Å². The van der Waals surface area contributed by atoms with Gasteiger partial charge in [-0.25, -0.2) is 9.97 Å². The van der Waals surface area contributed by atoms with Crippen molar-refractivity contribution < 1.29 is 4.79 Å². The average molecular weight is 346 g/mol. The van der Waals surface area contributed by atoms with Crippen molar-refractivity contribution in [3.05, 3.63) is 84.3 Å². The predicted molar refractivity (Wildman–Crippen MR) is 104 cm³/mol. The SMILES string of the molecule is CN(c1ccccc1)c1cc(C(=O)NCCCc2ccccc2)ncn1. The van der Waals surface area contributed by atoms with Crippen molar-refractivity contribution in [2.75, 3.05) is 18.5 Å². The molecule has 3 aromatic rings. The van der Waals surface area contributed by atoms with Crippen molar-refractivity contribution in [2.45, 2.75) is 12.8 Å². The van der Waals surface area contributed by atoms with Crippen LogP contribution in [-0.2, 0) is 6.42 Å². The number of rotatable bonds is 7. The normalized spacial score (nSPS) is 10.3. The summed E-state index contributed by atoms with van der Waals surface area (Å²) in [7, 11) is 1.92. The molecule has 0 radical (unpaired) electrons. The molecule has 0 atom stereocenters. The maximum Gasteiger partial charge on any atom is 0.270 e. The summed E-state index contributed by atoms with van der Waals surface area (Å²) < 4.78 is 0. The third-order valence-corrected chi connectivity index (χ3v) is 4.14. The summed E-state index contributed by atoms with van der Waals surface area (Å²) in [6, 6.07) is 21.8. The van der Waals surface area contributed by atoms with E-state index in [1.807, 2.05) is 60.5 Å². The molecule has 0 spiro atoms. The lowest BCUT2D eigenvalue weighted by Crippen LogP contribution is -2.26. The molecule has 5 nitrogen and oxygen atoms in total. The van der Waals surface area contributed by atoms with E-state index in [-0.39, 0.29) is 5.91 Å². The molecular weight excluding hydrogens is 324 g/mol. The Morgan fingerprint density at radius 2 is 1.69 bits per heavy atom. The van der Waals surface area contributed by atoms with Crippen LogP contribution in [0.25, 0.3) is 0 Å². The summed E-state index contributed by atoms with van der Waals surface area (Å²) in [4.78, 5) is 22.6. The number of hydrogen-bond acceptors (Lipinski definition) is 4. The van der Waals surface area contributed by atoms with Crippen LogP contribution in [0.5, 0.6) is 0 Å². The Bertz CT molecular complexity index is 837. The molecule has 3 rings (SSSR count). The van der Waals surface area contributed by atoms with Crippen LogP contribution in [-0.4, -0.2) is 29.5 Å². The molecule has 2 aromatic carbocycles. The number of nitrogens with zero attached hydrogens (tertiary/aromatic N) is 3. The van der Waals surface area contributed by atoms with Gasteiger partial charge in [0.25, 0.3) is 5.91 Å². The summed E-state index contributed by atoms with van der Waals surface area (Å²) in [6.07, 6.45) is 3.25. The maximum absolute atomic E-state index is 12.3. The molecule has 132 valence electrons. The molecular formula is C21H22N4O. The number of aromatic nitrogens is 2. The van der Waals surface area contributed by atoms with E-state index in [1.165, 1.54) is 11.9 Å². The molecule has 1 aromatic heterocycles. The number of anilines is 2. The molecule has 0 aliphatic carbocycles. The standard InChI is InChI=1S/C21H22N4O/c1-25(18-12-6-3-7-13-18)20-15-19(23-16-24-20)21(26)22-14-8-11-17-9-4-2-5-10-17/h2-7,9-10,12-13,15-16H,8,11,14H2,1H3,(H,22,26). The largest absolute Gasteiger partial charge is 0.351 e. The van der Waals surface area contributed by atoms with Gasteiger partial charge in [-0.2, -0.15) is 0 Å². The minimum atomic E-state index is -0.178. The number of carbonyl (C=O) groups excluding carboxylic acids is 1. The first-order chi connectivity index (χ1) is 12.7. The Morgan fingerprint density at radius 3 is 2.42 bits per heavy atom. The number of amides is 1. The Kier molecular flexibility index (Phi) is 5.93. The Labute approximate surface area is 153 Å². The van der Waals surface area contributed by atoms with Crippen molar-refractivity contribution >= 4 is 17.4 Å². The average Bonchev–Trinajstić information content (AvgIpc) is 2.72. The van der Waals surface area contributed by atoms with Gasteiger partial charge >= 0.3 is 0 Å². The first-order valence-corrected chi connectivity index (χ1v) is 8.67. The highest BCUT2D eigenvalue weighted by atomic mass is 16.1. The molecule has 0 aliphatic rings.